The van der Waals surface area contributed by atoms with Crippen molar-refractivity contribution in [3.8, 4) is 0 Å². The first-order valence-corrected chi connectivity index (χ1v) is 16.6. The Bertz CT molecular complexity index is 2220. The van der Waals surface area contributed by atoms with Crippen LogP contribution in [0.15, 0.2) is 20.5 Å². The van der Waals surface area contributed by atoms with Gasteiger partial charge in [0, 0.05) is 11.1 Å². The molecule has 0 saturated heterocycles. The summed E-state index contributed by atoms with van der Waals surface area (Å²) in [5.74, 6) is 1.74. The fourth-order valence-electron chi connectivity index (χ4n) is 5.20. The first-order chi connectivity index (χ1) is 24.0. The van der Waals surface area contributed by atoms with Crippen LogP contribution in [0.1, 0.15) is 118 Å². The molecular weight excluding hydrogens is 660 g/mol. The quantitative estimate of drug-likeness (QED) is 0.106. The van der Waals surface area contributed by atoms with Gasteiger partial charge in [0.1, 0.15) is 11.5 Å². The van der Waals surface area contributed by atoms with E-state index in [0.29, 0.717) is 51.4 Å². The molecule has 0 bridgehead atoms. The lowest BCUT2D eigenvalue weighted by Gasteiger charge is -2.23. The van der Waals surface area contributed by atoms with E-state index in [1.54, 1.807) is 11.6 Å². The fourth-order valence-corrected chi connectivity index (χ4v) is 5.20. The van der Waals surface area contributed by atoms with Crippen molar-refractivity contribution >= 4 is 45.7 Å². The number of nitrogens with zero attached hydrogens (tertiary/aromatic N) is 16. The van der Waals surface area contributed by atoms with Gasteiger partial charge in [-0.3, -0.25) is 20.4 Å². The first-order valence-electron chi connectivity index (χ1n) is 16.6. The number of aromatic amines is 2. The summed E-state index contributed by atoms with van der Waals surface area (Å²) in [6, 6.07) is 0. The summed E-state index contributed by atoms with van der Waals surface area (Å²) < 4.78 is 3.07. The minimum Gasteiger partial charge on any atom is -0.509 e. The van der Waals surface area contributed by atoms with Gasteiger partial charge in [0.25, 0.3) is 5.69 Å². The molecule has 2 N–H and O–H groups in total. The molecule has 0 spiro atoms. The molecule has 0 atom stereocenters. The van der Waals surface area contributed by atoms with E-state index in [2.05, 4.69) is 102 Å². The number of aryl methyl sites for hydroxylation is 2. The smallest absolute Gasteiger partial charge is 0.323 e. The molecular formula is C34H44N18-2. The summed E-state index contributed by atoms with van der Waals surface area (Å²) in [6.07, 6.45) is 0. The molecule has 0 amide bonds. The number of nitrogens with one attached hydrogen (secondary N) is 2. The second kappa shape index (κ2) is 12.9. The molecule has 0 unspecified atom stereocenters. The van der Waals surface area contributed by atoms with Crippen molar-refractivity contribution in [2.45, 2.75) is 119 Å². The van der Waals surface area contributed by atoms with Gasteiger partial charge in [0.2, 0.25) is 17.2 Å². The molecule has 6 heterocycles. The minimum absolute atomic E-state index is 0.199. The maximum Gasteiger partial charge on any atom is 0.323 e. The minimum atomic E-state index is -0.295. The van der Waals surface area contributed by atoms with Crippen LogP contribution >= 0.6 is 0 Å². The molecule has 272 valence electrons. The zero-order valence-corrected chi connectivity index (χ0v) is 32.2. The molecule has 6 aromatic heterocycles. The molecule has 0 aliphatic carbocycles. The van der Waals surface area contributed by atoms with Crippen LogP contribution in [-0.2, 0) is 21.7 Å². The maximum atomic E-state index is 7.48. The van der Waals surface area contributed by atoms with Crippen molar-refractivity contribution in [2.24, 2.45) is 20.5 Å². The van der Waals surface area contributed by atoms with Crippen molar-refractivity contribution in [3.63, 3.8) is 0 Å². The summed E-state index contributed by atoms with van der Waals surface area (Å²) >= 11 is 0. The molecule has 52 heavy (non-hydrogen) atoms. The Morgan fingerprint density at radius 2 is 1.37 bits per heavy atom. The molecule has 6 rings (SSSR count). The van der Waals surface area contributed by atoms with Gasteiger partial charge in [-0.15, -0.1) is 15.3 Å². The molecule has 0 aromatic carbocycles. The second-order valence-electron chi connectivity index (χ2n) is 16.5. The lowest BCUT2D eigenvalue weighted by atomic mass is 9.91. The van der Waals surface area contributed by atoms with E-state index in [4.69, 9.17) is 13.1 Å². The monoisotopic (exact) mass is 704 g/mol. The molecule has 0 aliphatic rings. The summed E-state index contributed by atoms with van der Waals surface area (Å²) in [6.45, 7) is 42.8. The van der Waals surface area contributed by atoms with E-state index in [-0.39, 0.29) is 33.3 Å². The largest absolute Gasteiger partial charge is 0.509 e. The summed E-state index contributed by atoms with van der Waals surface area (Å²) in [7, 11) is 0. The van der Waals surface area contributed by atoms with Crippen molar-refractivity contribution in [2.75, 3.05) is 0 Å². The zero-order valence-electron chi connectivity index (χ0n) is 32.2. The van der Waals surface area contributed by atoms with Crippen molar-refractivity contribution in [3.05, 3.63) is 57.3 Å². The number of azo groups is 2. The van der Waals surface area contributed by atoms with Gasteiger partial charge < -0.3 is 25.0 Å². The Morgan fingerprint density at radius 3 is 1.94 bits per heavy atom. The third kappa shape index (κ3) is 7.23. The highest BCUT2D eigenvalue weighted by Crippen LogP contribution is 2.40. The second-order valence-corrected chi connectivity index (χ2v) is 16.5. The van der Waals surface area contributed by atoms with Gasteiger partial charge in [-0.1, -0.05) is 93.8 Å². The van der Waals surface area contributed by atoms with Crippen LogP contribution in [0.4, 0.5) is 34.4 Å². The fraction of sp³-hybridized carbons (Fsp3) is 0.529. The van der Waals surface area contributed by atoms with Gasteiger partial charge >= 0.3 is 5.65 Å². The molecule has 0 saturated carbocycles. The van der Waals surface area contributed by atoms with Crippen LogP contribution in [0.2, 0.25) is 0 Å². The number of H-pyrrole nitrogens is 2. The van der Waals surface area contributed by atoms with Gasteiger partial charge in [-0.05, 0) is 35.9 Å². The highest BCUT2D eigenvalue weighted by molar-refractivity contribution is 5.70. The van der Waals surface area contributed by atoms with Crippen LogP contribution < -0.4 is 19.9 Å². The van der Waals surface area contributed by atoms with E-state index >= 15 is 0 Å². The first kappa shape index (κ1) is 37.2. The zero-order chi connectivity index (χ0) is 38.6. The molecule has 0 aliphatic heterocycles. The van der Waals surface area contributed by atoms with Gasteiger partial charge in [0.05, 0.1) is 30.4 Å². The van der Waals surface area contributed by atoms with Crippen molar-refractivity contribution in [1.82, 2.24) is 55.4 Å². The standard InChI is InChI=1S/C17H23N9.C17H21N9/c2*1-9-19-15-11(13(17(5,6)7)25-26(15)24-9)20-22-14-10(18-8)12(21-23-14)16(2,3)4/h25H,1-7H3,(H,21,23);1-7H3/q;-2. The SMILES string of the molecule is [C-]#[N+]c1c(C(C)(C)C)n[n-]c1N=Nc1c(C(C)(C)C)[n-][n+]2[n-]c(C)nc12.[C-]#[N+]c1c(N=Nc2c(C(C)(C)C)[nH]n3nc(C)nc23)n[nH]c1C(C)(C)C. The number of aromatic nitrogens is 12. The average Bonchev–Trinajstić information content (AvgIpc) is 3.83. The number of hydrogen-bond donors (Lipinski definition) is 2. The summed E-state index contributed by atoms with van der Waals surface area (Å²) in [4.78, 5) is 16.0. The maximum absolute atomic E-state index is 7.48. The van der Waals surface area contributed by atoms with Gasteiger partial charge in [-0.2, -0.15) is 9.73 Å². The third-order valence-corrected chi connectivity index (χ3v) is 7.74. The number of fused-ring (bicyclic) bond motifs is 2. The Balaban J connectivity index is 0.000000201. The van der Waals surface area contributed by atoms with Crippen LogP contribution in [0.5, 0.6) is 0 Å². The van der Waals surface area contributed by atoms with E-state index in [1.807, 2.05) is 69.2 Å². The number of hydrogen-bond acceptors (Lipinski definition) is 9. The molecule has 18 heteroatoms. The van der Waals surface area contributed by atoms with Crippen LogP contribution in [-0.4, -0.2) is 40.1 Å². The Labute approximate surface area is 301 Å². The van der Waals surface area contributed by atoms with Crippen LogP contribution in [0.3, 0.4) is 0 Å². The molecule has 18 nitrogen and oxygen atoms in total. The molecule has 6 aromatic rings. The lowest BCUT2D eigenvalue weighted by Crippen LogP contribution is -2.31. The van der Waals surface area contributed by atoms with E-state index in [0.717, 1.165) is 17.1 Å². The normalized spacial score (nSPS) is 13.0. The average molecular weight is 705 g/mol. The topological polar surface area (TPSA) is 205 Å². The van der Waals surface area contributed by atoms with Crippen molar-refractivity contribution in [1.29, 1.82) is 0 Å². The predicted molar refractivity (Wildman–Crippen MR) is 193 cm³/mol. The van der Waals surface area contributed by atoms with Gasteiger partial charge in [0.15, 0.2) is 5.69 Å². The van der Waals surface area contributed by atoms with Crippen LogP contribution in [0.25, 0.3) is 21.0 Å². The van der Waals surface area contributed by atoms with E-state index < -0.39 is 0 Å². The highest BCUT2D eigenvalue weighted by Gasteiger charge is 2.27. The molecule has 0 radical (unpaired) electrons. The van der Waals surface area contributed by atoms with Gasteiger partial charge in [-0.25, -0.2) is 14.7 Å². The van der Waals surface area contributed by atoms with E-state index in [9.17, 15) is 0 Å². The summed E-state index contributed by atoms with van der Waals surface area (Å²) in [5, 5.41) is 48.7. The van der Waals surface area contributed by atoms with Crippen molar-refractivity contribution < 1.29 is 4.63 Å². The highest BCUT2D eigenvalue weighted by atomic mass is 15.5. The molecule has 0 fully saturated rings. The Kier molecular flexibility index (Phi) is 9.26. The predicted octanol–water partition coefficient (Wildman–Crippen LogP) is 7.61. The van der Waals surface area contributed by atoms with E-state index in [1.165, 1.54) is 4.63 Å². The lowest BCUT2D eigenvalue weighted by molar-refractivity contribution is -0.649. The summed E-state index contributed by atoms with van der Waals surface area (Å²) in [5.41, 5.74) is 4.97. The third-order valence-electron chi connectivity index (χ3n) is 7.74. The van der Waals surface area contributed by atoms with Crippen LogP contribution in [0, 0.1) is 27.0 Å². The number of rotatable bonds is 4. The Morgan fingerprint density at radius 1 is 0.731 bits per heavy atom. The Hall–Kier alpha value is -6.04.